The number of hydrogen-bond acceptors (Lipinski definition) is 4. The third kappa shape index (κ3) is 5.22. The van der Waals surface area contributed by atoms with Gasteiger partial charge in [-0.25, -0.2) is 0 Å². The minimum atomic E-state index is -0.0648. The van der Waals surface area contributed by atoms with Gasteiger partial charge in [0.05, 0.1) is 6.61 Å². The molecule has 1 heterocycles. The van der Waals surface area contributed by atoms with E-state index in [1.54, 1.807) is 0 Å². The maximum atomic E-state index is 12.0. The number of carbonyl (C=O) groups is 1. The number of hydrogen-bond donors (Lipinski definition) is 2. The van der Waals surface area contributed by atoms with Crippen LogP contribution in [0.5, 0.6) is 11.5 Å². The zero-order valence-electron chi connectivity index (χ0n) is 13.4. The Morgan fingerprint density at radius 1 is 1.27 bits per heavy atom. The van der Waals surface area contributed by atoms with Gasteiger partial charge in [0.15, 0.2) is 6.61 Å². The summed E-state index contributed by atoms with van der Waals surface area (Å²) in [6.45, 7) is 6.87. The lowest BCUT2D eigenvalue weighted by molar-refractivity contribution is -0.124. The largest absolute Gasteiger partial charge is 0.494 e. The highest BCUT2D eigenvalue weighted by atomic mass is 16.5. The van der Waals surface area contributed by atoms with Gasteiger partial charge in [0, 0.05) is 6.04 Å². The Balaban J connectivity index is 1.73. The van der Waals surface area contributed by atoms with Gasteiger partial charge < -0.3 is 20.1 Å². The van der Waals surface area contributed by atoms with Gasteiger partial charge in [0.25, 0.3) is 5.91 Å². The molecule has 1 aromatic rings. The molecule has 0 aromatic heterocycles. The van der Waals surface area contributed by atoms with Gasteiger partial charge >= 0.3 is 0 Å². The first kappa shape index (κ1) is 16.6. The van der Waals surface area contributed by atoms with E-state index in [4.69, 9.17) is 9.47 Å². The molecule has 1 fully saturated rings. The van der Waals surface area contributed by atoms with E-state index < -0.39 is 0 Å². The van der Waals surface area contributed by atoms with Crippen molar-refractivity contribution in [3.63, 3.8) is 0 Å². The number of benzene rings is 1. The molecule has 2 N–H and O–H groups in total. The van der Waals surface area contributed by atoms with Gasteiger partial charge in [0.2, 0.25) is 0 Å². The normalized spacial score (nSPS) is 21.2. The van der Waals surface area contributed by atoms with E-state index in [0.717, 1.165) is 31.7 Å². The van der Waals surface area contributed by atoms with Crippen molar-refractivity contribution in [1.82, 2.24) is 10.6 Å². The van der Waals surface area contributed by atoms with Crippen LogP contribution in [0.4, 0.5) is 0 Å². The minimum absolute atomic E-state index is 0.0474. The molecule has 2 atom stereocenters. The van der Waals surface area contributed by atoms with E-state index in [0.29, 0.717) is 18.3 Å². The standard InChI is InChI=1S/C17H26N2O3/c1-3-10-21-14-4-6-15(7-5-14)22-12-17(20)19-16-8-9-18-11-13(16)2/h4-7,13,16,18H,3,8-12H2,1-2H3,(H,19,20). The first-order chi connectivity index (χ1) is 10.7. The van der Waals surface area contributed by atoms with Crippen LogP contribution in [0.2, 0.25) is 0 Å². The van der Waals surface area contributed by atoms with Crippen molar-refractivity contribution >= 4 is 5.91 Å². The van der Waals surface area contributed by atoms with Crippen LogP contribution in [0, 0.1) is 5.92 Å². The van der Waals surface area contributed by atoms with Crippen molar-refractivity contribution in [2.45, 2.75) is 32.7 Å². The smallest absolute Gasteiger partial charge is 0.258 e. The zero-order valence-corrected chi connectivity index (χ0v) is 13.4. The minimum Gasteiger partial charge on any atom is -0.494 e. The van der Waals surface area contributed by atoms with Gasteiger partial charge in [-0.1, -0.05) is 13.8 Å². The summed E-state index contributed by atoms with van der Waals surface area (Å²) < 4.78 is 11.0. The SMILES string of the molecule is CCCOc1ccc(OCC(=O)NC2CCNCC2C)cc1. The first-order valence-electron chi connectivity index (χ1n) is 8.04. The Morgan fingerprint density at radius 3 is 2.59 bits per heavy atom. The average molecular weight is 306 g/mol. The summed E-state index contributed by atoms with van der Waals surface area (Å²) in [6.07, 6.45) is 1.95. The van der Waals surface area contributed by atoms with Crippen molar-refractivity contribution in [2.24, 2.45) is 5.92 Å². The van der Waals surface area contributed by atoms with E-state index in [9.17, 15) is 4.79 Å². The van der Waals surface area contributed by atoms with Crippen LogP contribution in [-0.2, 0) is 4.79 Å². The molecule has 1 amide bonds. The van der Waals surface area contributed by atoms with Crippen LogP contribution in [0.15, 0.2) is 24.3 Å². The van der Waals surface area contributed by atoms with E-state index in [-0.39, 0.29) is 18.6 Å². The average Bonchev–Trinajstić information content (AvgIpc) is 2.54. The lowest BCUT2D eigenvalue weighted by Gasteiger charge is -2.30. The molecular formula is C17H26N2O3. The number of rotatable bonds is 7. The van der Waals surface area contributed by atoms with Gasteiger partial charge in [-0.05, 0) is 56.1 Å². The third-order valence-corrected chi connectivity index (χ3v) is 3.80. The van der Waals surface area contributed by atoms with Crippen LogP contribution in [0.25, 0.3) is 0 Å². The van der Waals surface area contributed by atoms with Crippen molar-refractivity contribution in [3.05, 3.63) is 24.3 Å². The highest BCUT2D eigenvalue weighted by molar-refractivity contribution is 5.77. The van der Waals surface area contributed by atoms with Crippen LogP contribution in [-0.4, -0.2) is 38.3 Å². The van der Waals surface area contributed by atoms with Gasteiger partial charge in [-0.3, -0.25) is 4.79 Å². The fraction of sp³-hybridized carbons (Fsp3) is 0.588. The van der Waals surface area contributed by atoms with E-state index in [2.05, 4.69) is 24.5 Å². The Morgan fingerprint density at radius 2 is 1.95 bits per heavy atom. The molecule has 122 valence electrons. The summed E-state index contributed by atoms with van der Waals surface area (Å²) >= 11 is 0. The molecule has 1 saturated heterocycles. The molecule has 22 heavy (non-hydrogen) atoms. The molecule has 0 bridgehead atoms. The maximum absolute atomic E-state index is 12.0. The second-order valence-corrected chi connectivity index (χ2v) is 5.75. The molecule has 1 aliphatic heterocycles. The summed E-state index contributed by atoms with van der Waals surface area (Å²) in [6, 6.07) is 7.61. The van der Waals surface area contributed by atoms with E-state index >= 15 is 0 Å². The van der Waals surface area contributed by atoms with E-state index in [1.807, 2.05) is 24.3 Å². The number of ether oxygens (including phenoxy) is 2. The molecule has 1 aromatic carbocycles. The van der Waals surface area contributed by atoms with Crippen LogP contribution in [0.1, 0.15) is 26.7 Å². The second-order valence-electron chi connectivity index (χ2n) is 5.75. The van der Waals surface area contributed by atoms with E-state index in [1.165, 1.54) is 0 Å². The van der Waals surface area contributed by atoms with Gasteiger partial charge in [-0.2, -0.15) is 0 Å². The molecule has 5 heteroatoms. The van der Waals surface area contributed by atoms with Gasteiger partial charge in [-0.15, -0.1) is 0 Å². The molecule has 2 unspecified atom stereocenters. The molecule has 1 aliphatic rings. The maximum Gasteiger partial charge on any atom is 0.258 e. The number of nitrogens with one attached hydrogen (secondary N) is 2. The Labute approximate surface area is 132 Å². The Hall–Kier alpha value is -1.75. The molecule has 0 radical (unpaired) electrons. The topological polar surface area (TPSA) is 59.6 Å². The number of carbonyl (C=O) groups excluding carboxylic acids is 1. The molecule has 0 spiro atoms. The van der Waals surface area contributed by atoms with Crippen LogP contribution < -0.4 is 20.1 Å². The highest BCUT2D eigenvalue weighted by Crippen LogP contribution is 2.17. The molecule has 0 aliphatic carbocycles. The lowest BCUT2D eigenvalue weighted by atomic mass is 9.95. The predicted octanol–water partition coefficient (Wildman–Crippen LogP) is 1.97. The summed E-state index contributed by atoms with van der Waals surface area (Å²) in [4.78, 5) is 12.0. The summed E-state index contributed by atoms with van der Waals surface area (Å²) in [5, 5.41) is 6.37. The number of piperidine rings is 1. The van der Waals surface area contributed by atoms with Crippen LogP contribution in [0.3, 0.4) is 0 Å². The zero-order chi connectivity index (χ0) is 15.8. The first-order valence-corrected chi connectivity index (χ1v) is 8.04. The summed E-state index contributed by atoms with van der Waals surface area (Å²) in [5.74, 6) is 1.89. The fourth-order valence-corrected chi connectivity index (χ4v) is 2.48. The Bertz CT molecular complexity index is 461. The molecule has 0 saturated carbocycles. The molecule has 5 nitrogen and oxygen atoms in total. The second kappa shape index (κ2) is 8.63. The summed E-state index contributed by atoms with van der Waals surface area (Å²) in [5.41, 5.74) is 0. The van der Waals surface area contributed by atoms with Crippen molar-refractivity contribution in [3.8, 4) is 11.5 Å². The predicted molar refractivity (Wildman–Crippen MR) is 86.3 cm³/mol. The van der Waals surface area contributed by atoms with Crippen molar-refractivity contribution < 1.29 is 14.3 Å². The highest BCUT2D eigenvalue weighted by Gasteiger charge is 2.22. The fourth-order valence-electron chi connectivity index (χ4n) is 2.48. The molecule has 2 rings (SSSR count). The van der Waals surface area contributed by atoms with Crippen LogP contribution >= 0.6 is 0 Å². The van der Waals surface area contributed by atoms with Crippen molar-refractivity contribution in [1.29, 1.82) is 0 Å². The number of amides is 1. The quantitative estimate of drug-likeness (QED) is 0.808. The van der Waals surface area contributed by atoms with Gasteiger partial charge in [0.1, 0.15) is 11.5 Å². The summed E-state index contributed by atoms with van der Waals surface area (Å²) in [7, 11) is 0. The lowest BCUT2D eigenvalue weighted by Crippen LogP contribution is -2.49. The third-order valence-electron chi connectivity index (χ3n) is 3.80. The van der Waals surface area contributed by atoms with Crippen molar-refractivity contribution in [2.75, 3.05) is 26.3 Å². The Kier molecular flexibility index (Phi) is 6.52. The molecular weight excluding hydrogens is 280 g/mol. The monoisotopic (exact) mass is 306 g/mol.